The summed E-state index contributed by atoms with van der Waals surface area (Å²) >= 11 is 0. The molecule has 0 amide bonds. The lowest BCUT2D eigenvalue weighted by Crippen LogP contribution is -2.30. The molecule has 0 heterocycles. The minimum Gasteiger partial charge on any atom is -0.380 e. The van der Waals surface area contributed by atoms with E-state index in [4.69, 9.17) is 13.7 Å². The molecule has 0 atom stereocenters. The average molecular weight is 366 g/mol. The van der Waals surface area contributed by atoms with E-state index in [-0.39, 0.29) is 31.3 Å². The van der Waals surface area contributed by atoms with E-state index in [9.17, 15) is 17.2 Å². The van der Waals surface area contributed by atoms with Crippen LogP contribution in [0.4, 0.5) is 8.78 Å². The number of ether oxygens (including phenoxy) is 2. The van der Waals surface area contributed by atoms with Crippen LogP contribution < -0.4 is 4.18 Å². The van der Waals surface area contributed by atoms with E-state index in [2.05, 4.69) is 0 Å². The Morgan fingerprint density at radius 1 is 0.958 bits per heavy atom. The largest absolute Gasteiger partial charge is 0.380 e. The fourth-order valence-corrected chi connectivity index (χ4v) is 2.58. The monoisotopic (exact) mass is 366 g/mol. The highest BCUT2D eigenvalue weighted by Crippen LogP contribution is 2.35. The molecule has 0 fully saturated rings. The maximum Gasteiger partial charge on any atom is 0.377 e. The molecule has 0 saturated carbocycles. The predicted octanol–water partition coefficient (Wildman–Crippen LogP) is 3.60. The minimum atomic E-state index is -5.13. The molecule has 5 nitrogen and oxygen atoms in total. The SMILES string of the molecule is COCc1cc(C(C)(C)C)cc(COC)c1OS(=O)(=O)C(C)(F)F. The molecule has 24 heavy (non-hydrogen) atoms. The van der Waals surface area contributed by atoms with Crippen molar-refractivity contribution in [3.8, 4) is 5.75 Å². The van der Waals surface area contributed by atoms with E-state index in [0.29, 0.717) is 11.1 Å². The molecular weight excluding hydrogens is 342 g/mol. The van der Waals surface area contributed by atoms with Gasteiger partial charge in [0.1, 0.15) is 0 Å². The van der Waals surface area contributed by atoms with Crippen LogP contribution in [0.1, 0.15) is 44.4 Å². The molecule has 1 aromatic rings. The third-order valence-corrected chi connectivity index (χ3v) is 4.60. The van der Waals surface area contributed by atoms with Gasteiger partial charge in [-0.3, -0.25) is 0 Å². The second-order valence-corrected chi connectivity index (χ2v) is 8.38. The van der Waals surface area contributed by atoms with Crippen LogP contribution in [-0.4, -0.2) is 27.9 Å². The Morgan fingerprint density at radius 2 is 1.38 bits per heavy atom. The summed E-state index contributed by atoms with van der Waals surface area (Å²) in [5, 5.41) is -4.02. The highest BCUT2D eigenvalue weighted by Gasteiger charge is 2.42. The van der Waals surface area contributed by atoms with Gasteiger partial charge in [0.2, 0.25) is 0 Å². The van der Waals surface area contributed by atoms with Crippen molar-refractivity contribution in [2.24, 2.45) is 0 Å². The molecule has 0 N–H and O–H groups in total. The summed E-state index contributed by atoms with van der Waals surface area (Å²) in [6.07, 6.45) is 0. The van der Waals surface area contributed by atoms with E-state index < -0.39 is 15.4 Å². The van der Waals surface area contributed by atoms with Crippen LogP contribution in [-0.2, 0) is 38.2 Å². The molecule has 1 rings (SSSR count). The quantitative estimate of drug-likeness (QED) is 0.690. The zero-order chi connectivity index (χ0) is 18.8. The van der Waals surface area contributed by atoms with Crippen molar-refractivity contribution in [3.63, 3.8) is 0 Å². The van der Waals surface area contributed by atoms with Crippen molar-refractivity contribution in [2.45, 2.75) is 51.6 Å². The van der Waals surface area contributed by atoms with Crippen LogP contribution in [0.2, 0.25) is 0 Å². The Kier molecular flexibility index (Phi) is 6.35. The van der Waals surface area contributed by atoms with Crippen LogP contribution >= 0.6 is 0 Å². The molecule has 0 bridgehead atoms. The summed E-state index contributed by atoms with van der Waals surface area (Å²) in [5.41, 5.74) is 1.38. The van der Waals surface area contributed by atoms with Gasteiger partial charge in [0, 0.05) is 32.3 Å². The van der Waals surface area contributed by atoms with Crippen LogP contribution in [0, 0.1) is 0 Å². The molecule has 0 spiro atoms. The standard InChI is InChI=1S/C16H24F2O5S/c1-15(2,3)13-7-11(9-21-5)14(12(8-13)10-22-6)23-24(19,20)16(4,17)18/h7-8H,9-10H2,1-6H3. The summed E-state index contributed by atoms with van der Waals surface area (Å²) in [7, 11) is -2.28. The first-order valence-electron chi connectivity index (χ1n) is 7.29. The third kappa shape index (κ3) is 4.87. The third-order valence-electron chi connectivity index (χ3n) is 3.34. The first-order chi connectivity index (χ1) is 10.8. The first-order valence-corrected chi connectivity index (χ1v) is 8.70. The van der Waals surface area contributed by atoms with E-state index in [0.717, 1.165) is 5.56 Å². The molecule has 138 valence electrons. The fraction of sp³-hybridized carbons (Fsp3) is 0.625. The van der Waals surface area contributed by atoms with Crippen molar-refractivity contribution in [2.75, 3.05) is 14.2 Å². The van der Waals surface area contributed by atoms with Crippen LogP contribution in [0.5, 0.6) is 5.75 Å². The second kappa shape index (κ2) is 7.33. The van der Waals surface area contributed by atoms with Gasteiger partial charge in [-0.1, -0.05) is 20.8 Å². The van der Waals surface area contributed by atoms with Crippen molar-refractivity contribution in [1.82, 2.24) is 0 Å². The van der Waals surface area contributed by atoms with Crippen molar-refractivity contribution in [3.05, 3.63) is 28.8 Å². The Morgan fingerprint density at radius 3 is 1.67 bits per heavy atom. The lowest BCUT2D eigenvalue weighted by atomic mass is 9.85. The van der Waals surface area contributed by atoms with Gasteiger partial charge in [0.15, 0.2) is 5.75 Å². The van der Waals surface area contributed by atoms with Crippen molar-refractivity contribution >= 4 is 10.1 Å². The highest BCUT2D eigenvalue weighted by molar-refractivity contribution is 7.88. The van der Waals surface area contributed by atoms with Crippen LogP contribution in [0.25, 0.3) is 0 Å². The summed E-state index contributed by atoms with van der Waals surface area (Å²) in [6.45, 7) is 6.24. The minimum absolute atomic E-state index is 0.0147. The highest BCUT2D eigenvalue weighted by atomic mass is 32.2. The van der Waals surface area contributed by atoms with E-state index in [1.807, 2.05) is 20.8 Å². The Balaban J connectivity index is 3.56. The number of benzene rings is 1. The number of rotatable bonds is 7. The molecule has 0 unspecified atom stereocenters. The first kappa shape index (κ1) is 20.8. The summed E-state index contributed by atoms with van der Waals surface area (Å²) < 4.78 is 65.0. The molecule has 0 aliphatic carbocycles. The molecule has 0 aliphatic heterocycles. The topological polar surface area (TPSA) is 61.8 Å². The molecule has 0 aliphatic rings. The lowest BCUT2D eigenvalue weighted by Gasteiger charge is -2.24. The lowest BCUT2D eigenvalue weighted by molar-refractivity contribution is 0.103. The van der Waals surface area contributed by atoms with Gasteiger partial charge in [0.05, 0.1) is 13.2 Å². The van der Waals surface area contributed by atoms with Gasteiger partial charge in [-0.2, -0.15) is 17.2 Å². The molecule has 8 heteroatoms. The summed E-state index contributed by atoms with van der Waals surface area (Å²) in [5.74, 6) is -0.173. The summed E-state index contributed by atoms with van der Waals surface area (Å²) in [4.78, 5) is 0. The molecule has 1 aromatic carbocycles. The van der Waals surface area contributed by atoms with Gasteiger partial charge < -0.3 is 13.7 Å². The Labute approximate surface area is 142 Å². The maximum absolute atomic E-state index is 13.3. The summed E-state index contributed by atoms with van der Waals surface area (Å²) in [6, 6.07) is 3.39. The second-order valence-electron chi connectivity index (χ2n) is 6.58. The average Bonchev–Trinajstić information content (AvgIpc) is 2.40. The number of halogens is 2. The van der Waals surface area contributed by atoms with Gasteiger partial charge in [-0.05, 0) is 23.1 Å². The van der Waals surface area contributed by atoms with E-state index in [1.165, 1.54) is 14.2 Å². The van der Waals surface area contributed by atoms with Crippen LogP contribution in [0.3, 0.4) is 0 Å². The molecular formula is C16H24F2O5S. The number of hydrogen-bond acceptors (Lipinski definition) is 5. The fourth-order valence-electron chi connectivity index (χ4n) is 2.00. The number of methoxy groups -OCH3 is 2. The van der Waals surface area contributed by atoms with Gasteiger partial charge in [0.25, 0.3) is 0 Å². The zero-order valence-corrected chi connectivity index (χ0v) is 15.6. The smallest absolute Gasteiger partial charge is 0.377 e. The maximum atomic E-state index is 13.3. The van der Waals surface area contributed by atoms with Gasteiger partial charge in [-0.15, -0.1) is 0 Å². The Hall–Kier alpha value is -1.25. The van der Waals surface area contributed by atoms with Crippen molar-refractivity contribution < 1.29 is 30.9 Å². The zero-order valence-electron chi connectivity index (χ0n) is 14.8. The van der Waals surface area contributed by atoms with E-state index >= 15 is 0 Å². The molecule has 0 saturated heterocycles. The predicted molar refractivity (Wildman–Crippen MR) is 86.7 cm³/mol. The Bertz CT molecular complexity index is 646. The van der Waals surface area contributed by atoms with Gasteiger partial charge >= 0.3 is 15.4 Å². The number of hydrogen-bond donors (Lipinski definition) is 0. The van der Waals surface area contributed by atoms with Crippen LogP contribution in [0.15, 0.2) is 12.1 Å². The molecule has 0 radical (unpaired) electrons. The van der Waals surface area contributed by atoms with Gasteiger partial charge in [-0.25, -0.2) is 0 Å². The number of alkyl halides is 2. The molecule has 0 aromatic heterocycles. The van der Waals surface area contributed by atoms with Crippen molar-refractivity contribution in [1.29, 1.82) is 0 Å². The van der Waals surface area contributed by atoms with E-state index in [1.54, 1.807) is 12.1 Å². The normalized spacial score (nSPS) is 13.2.